The maximum absolute atomic E-state index is 12.2. The summed E-state index contributed by atoms with van der Waals surface area (Å²) in [6.45, 7) is 6.32. The molecule has 2 rings (SSSR count). The summed E-state index contributed by atoms with van der Waals surface area (Å²) >= 11 is 1.22. The minimum Gasteiger partial charge on any atom is -0.465 e. The number of aromatic amines is 1. The minimum atomic E-state index is -0.515. The van der Waals surface area contributed by atoms with Crippen LogP contribution in [0.3, 0.4) is 0 Å². The van der Waals surface area contributed by atoms with Crippen LogP contribution in [0.4, 0.5) is 0 Å². The van der Waals surface area contributed by atoms with Crippen molar-refractivity contribution in [2.45, 2.75) is 44.1 Å². The molecule has 0 saturated heterocycles. The Morgan fingerprint density at radius 3 is 2.70 bits per heavy atom. The maximum Gasteiger partial charge on any atom is 0.329 e. The first-order valence-corrected chi connectivity index (χ1v) is 8.31. The van der Waals surface area contributed by atoms with Gasteiger partial charge in [-0.15, -0.1) is 0 Å². The van der Waals surface area contributed by atoms with Crippen LogP contribution < -0.4 is 11.2 Å². The average molecular weight is 340 g/mol. The summed E-state index contributed by atoms with van der Waals surface area (Å²) in [6, 6.07) is 0. The van der Waals surface area contributed by atoms with Crippen LogP contribution >= 0.6 is 11.8 Å². The molecule has 0 bridgehead atoms. The number of fused-ring (bicyclic) bond motifs is 1. The number of imidazole rings is 1. The number of esters is 1. The Kier molecular flexibility index (Phi) is 5.30. The van der Waals surface area contributed by atoms with Crippen LogP contribution in [0.25, 0.3) is 11.2 Å². The van der Waals surface area contributed by atoms with Crippen LogP contribution in [0.15, 0.2) is 14.7 Å². The van der Waals surface area contributed by atoms with Gasteiger partial charge in [0.2, 0.25) is 0 Å². The van der Waals surface area contributed by atoms with Crippen LogP contribution in [0.5, 0.6) is 0 Å². The van der Waals surface area contributed by atoms with Crippen molar-refractivity contribution in [2.75, 3.05) is 6.61 Å². The molecule has 1 N–H and O–H groups in total. The van der Waals surface area contributed by atoms with Gasteiger partial charge in [-0.3, -0.25) is 19.1 Å². The molecule has 126 valence electrons. The number of hydrogen-bond donors (Lipinski definition) is 1. The Morgan fingerprint density at radius 2 is 2.09 bits per heavy atom. The van der Waals surface area contributed by atoms with E-state index < -0.39 is 16.5 Å². The number of carbonyl (C=O) groups is 1. The fourth-order valence-electron chi connectivity index (χ4n) is 2.20. The third kappa shape index (κ3) is 3.34. The number of nitrogens with one attached hydrogen (secondary N) is 1. The van der Waals surface area contributed by atoms with Gasteiger partial charge >= 0.3 is 11.7 Å². The number of rotatable bonds is 6. The molecule has 0 fully saturated rings. The molecular weight excluding hydrogens is 320 g/mol. The molecule has 0 aliphatic carbocycles. The fourth-order valence-corrected chi connectivity index (χ4v) is 3.13. The van der Waals surface area contributed by atoms with Gasteiger partial charge in [-0.2, -0.15) is 0 Å². The predicted molar refractivity (Wildman–Crippen MR) is 87.8 cm³/mol. The van der Waals surface area contributed by atoms with Gasteiger partial charge in [0.25, 0.3) is 5.56 Å². The summed E-state index contributed by atoms with van der Waals surface area (Å²) in [7, 11) is 1.55. The van der Waals surface area contributed by atoms with Gasteiger partial charge < -0.3 is 9.30 Å². The lowest BCUT2D eigenvalue weighted by molar-refractivity contribution is -0.142. The first-order valence-electron chi connectivity index (χ1n) is 7.43. The molecule has 2 aromatic heterocycles. The van der Waals surface area contributed by atoms with Gasteiger partial charge in [-0.1, -0.05) is 18.7 Å². The molecule has 23 heavy (non-hydrogen) atoms. The Balaban J connectivity index is 2.55. The number of carbonyl (C=O) groups excluding carboxylic acids is 1. The van der Waals surface area contributed by atoms with E-state index in [9.17, 15) is 14.4 Å². The number of nitrogens with zero attached hydrogens (tertiary/aromatic N) is 3. The Hall–Kier alpha value is -2.03. The average Bonchev–Trinajstić information content (AvgIpc) is 2.85. The van der Waals surface area contributed by atoms with Crippen molar-refractivity contribution in [1.29, 1.82) is 0 Å². The van der Waals surface area contributed by atoms with Crippen molar-refractivity contribution in [3.63, 3.8) is 0 Å². The van der Waals surface area contributed by atoms with Gasteiger partial charge in [-0.25, -0.2) is 9.78 Å². The Morgan fingerprint density at radius 1 is 1.39 bits per heavy atom. The lowest BCUT2D eigenvalue weighted by atomic mass is 10.4. The van der Waals surface area contributed by atoms with Crippen molar-refractivity contribution in [3.8, 4) is 0 Å². The summed E-state index contributed by atoms with van der Waals surface area (Å²) < 4.78 is 8.03. The second kappa shape index (κ2) is 7.03. The number of aromatic nitrogens is 4. The molecule has 0 aromatic carbocycles. The van der Waals surface area contributed by atoms with E-state index in [1.807, 2.05) is 6.92 Å². The van der Waals surface area contributed by atoms with E-state index in [0.29, 0.717) is 29.5 Å². The zero-order valence-corrected chi connectivity index (χ0v) is 14.4. The van der Waals surface area contributed by atoms with Crippen LogP contribution in [-0.2, 0) is 23.1 Å². The van der Waals surface area contributed by atoms with Gasteiger partial charge in [-0.05, 0) is 20.3 Å². The van der Waals surface area contributed by atoms with Gasteiger partial charge in [0.1, 0.15) is 5.25 Å². The summed E-state index contributed by atoms with van der Waals surface area (Å²) in [4.78, 5) is 42.4. The lowest BCUT2D eigenvalue weighted by Crippen LogP contribution is -2.29. The van der Waals surface area contributed by atoms with Crippen molar-refractivity contribution in [1.82, 2.24) is 19.1 Å². The van der Waals surface area contributed by atoms with Gasteiger partial charge in [0.15, 0.2) is 16.3 Å². The Bertz CT molecular complexity index is 836. The summed E-state index contributed by atoms with van der Waals surface area (Å²) in [5.41, 5.74) is -0.336. The number of thioether (sulfide) groups is 1. The molecule has 0 amide bonds. The molecule has 1 unspecified atom stereocenters. The highest BCUT2D eigenvalue weighted by Gasteiger charge is 2.22. The van der Waals surface area contributed by atoms with Crippen molar-refractivity contribution >= 4 is 28.9 Å². The van der Waals surface area contributed by atoms with Crippen molar-refractivity contribution < 1.29 is 9.53 Å². The third-order valence-corrected chi connectivity index (χ3v) is 4.39. The maximum atomic E-state index is 12.2. The monoisotopic (exact) mass is 340 g/mol. The summed E-state index contributed by atoms with van der Waals surface area (Å²) in [5.74, 6) is -0.338. The number of aryl methyl sites for hydroxylation is 2. The molecule has 9 heteroatoms. The first-order chi connectivity index (χ1) is 10.9. The van der Waals surface area contributed by atoms with Crippen molar-refractivity contribution in [3.05, 3.63) is 20.8 Å². The summed E-state index contributed by atoms with van der Waals surface area (Å²) in [6.07, 6.45) is 0.787. The van der Waals surface area contributed by atoms with Gasteiger partial charge in [0.05, 0.1) is 6.61 Å². The van der Waals surface area contributed by atoms with E-state index in [1.54, 1.807) is 25.5 Å². The molecule has 0 spiro atoms. The van der Waals surface area contributed by atoms with Crippen LogP contribution in [-0.4, -0.2) is 36.9 Å². The molecule has 8 nitrogen and oxygen atoms in total. The molecule has 0 saturated carbocycles. The van der Waals surface area contributed by atoms with E-state index in [2.05, 4.69) is 9.97 Å². The first kappa shape index (κ1) is 17.3. The topological polar surface area (TPSA) is 99.0 Å². The highest BCUT2D eigenvalue weighted by Crippen LogP contribution is 2.26. The van der Waals surface area contributed by atoms with E-state index in [-0.39, 0.29) is 5.97 Å². The third-order valence-electron chi connectivity index (χ3n) is 3.32. The lowest BCUT2D eigenvalue weighted by Gasteiger charge is -2.11. The molecule has 2 heterocycles. The number of hydrogen-bond acceptors (Lipinski definition) is 6. The van der Waals surface area contributed by atoms with E-state index in [0.717, 1.165) is 6.42 Å². The Labute approximate surface area is 136 Å². The molecule has 1 atom stereocenters. The van der Waals surface area contributed by atoms with Crippen molar-refractivity contribution in [2.24, 2.45) is 7.05 Å². The summed E-state index contributed by atoms with van der Waals surface area (Å²) in [5, 5.41) is 0.0626. The van der Waals surface area contributed by atoms with Crippen LogP contribution in [0.2, 0.25) is 0 Å². The number of H-pyrrole nitrogens is 1. The van der Waals surface area contributed by atoms with E-state index in [1.165, 1.54) is 16.3 Å². The SMILES string of the molecule is CCCn1c(SC(C)C(=O)OCC)nc2c1c(=O)[nH]c(=O)n2C. The van der Waals surface area contributed by atoms with E-state index >= 15 is 0 Å². The normalized spacial score (nSPS) is 12.5. The molecule has 2 aromatic rings. The second-order valence-corrected chi connectivity index (χ2v) is 6.36. The molecule has 0 radical (unpaired) electrons. The second-order valence-electron chi connectivity index (χ2n) is 5.05. The van der Waals surface area contributed by atoms with Gasteiger partial charge in [0, 0.05) is 13.6 Å². The minimum absolute atomic E-state index is 0.309. The highest BCUT2D eigenvalue weighted by atomic mass is 32.2. The highest BCUT2D eigenvalue weighted by molar-refractivity contribution is 8.00. The predicted octanol–water partition coefficient (Wildman–Crippen LogP) is 0.877. The zero-order valence-electron chi connectivity index (χ0n) is 13.6. The quantitative estimate of drug-likeness (QED) is 0.619. The number of ether oxygens (including phenoxy) is 1. The molecule has 0 aliphatic heterocycles. The zero-order chi connectivity index (χ0) is 17.1. The smallest absolute Gasteiger partial charge is 0.329 e. The largest absolute Gasteiger partial charge is 0.465 e. The van der Waals surface area contributed by atoms with Crippen LogP contribution in [0.1, 0.15) is 27.2 Å². The van der Waals surface area contributed by atoms with Crippen LogP contribution in [0, 0.1) is 0 Å². The van der Waals surface area contributed by atoms with E-state index in [4.69, 9.17) is 4.74 Å². The fraction of sp³-hybridized carbons (Fsp3) is 0.571. The molecule has 0 aliphatic rings. The molecular formula is C14H20N4O4S. The standard InChI is InChI=1S/C14H20N4O4S/c1-5-7-18-9-10(17(4)13(21)16-11(9)19)15-14(18)23-8(3)12(20)22-6-2/h8H,5-7H2,1-4H3,(H,16,19,21).